The number of rotatable bonds is 2. The molecule has 0 aromatic rings. The number of ether oxygens (including phenoxy) is 1. The molecule has 0 saturated carbocycles. The van der Waals surface area contributed by atoms with Crippen LogP contribution in [0.25, 0.3) is 0 Å². The van der Waals surface area contributed by atoms with Crippen LogP contribution in [0, 0.1) is 0 Å². The number of methoxy groups -OCH3 is 1. The summed E-state index contributed by atoms with van der Waals surface area (Å²) in [6.45, 7) is 8.00. The molecule has 0 aromatic carbocycles. The lowest BCUT2D eigenvalue weighted by atomic mass is 10.5. The first kappa shape index (κ1) is 17.7. The summed E-state index contributed by atoms with van der Waals surface area (Å²) in [5.41, 5.74) is 4.66. The monoisotopic (exact) mass is 189 g/mol. The number of carbonyl (C=O) groups is 2. The highest BCUT2D eigenvalue weighted by atomic mass is 16.5. The van der Waals surface area contributed by atoms with Crippen LogP contribution in [0.15, 0.2) is 12.2 Å². The summed E-state index contributed by atoms with van der Waals surface area (Å²) in [5.74, 6) is -1.26. The standard InChI is InChI=1S/C5H7NO3.2C2H6/c1-9-5(8)3-2-4(6)7;2*1-2/h2-3H,1H3,(H2,6,7);2*1-2H3/b3-2+;;. The summed E-state index contributed by atoms with van der Waals surface area (Å²) in [6.07, 6.45) is 1.90. The average Bonchev–Trinajstić information content (AvgIpc) is 2.20. The topological polar surface area (TPSA) is 69.4 Å². The van der Waals surface area contributed by atoms with Gasteiger partial charge in [0.05, 0.1) is 7.11 Å². The second kappa shape index (κ2) is 17.0. The van der Waals surface area contributed by atoms with Gasteiger partial charge in [0, 0.05) is 12.2 Å². The van der Waals surface area contributed by atoms with Crippen LogP contribution in [-0.4, -0.2) is 19.0 Å². The van der Waals surface area contributed by atoms with Crippen molar-refractivity contribution in [2.24, 2.45) is 5.73 Å². The molecule has 0 rings (SSSR count). The van der Waals surface area contributed by atoms with Gasteiger partial charge in [0.25, 0.3) is 0 Å². The Morgan fingerprint density at radius 3 is 1.69 bits per heavy atom. The molecule has 0 bridgehead atoms. The Bertz CT molecular complexity index is 153. The number of esters is 1. The minimum atomic E-state index is -0.666. The van der Waals surface area contributed by atoms with Gasteiger partial charge in [-0.3, -0.25) is 4.79 Å². The van der Waals surface area contributed by atoms with Crippen molar-refractivity contribution in [1.29, 1.82) is 0 Å². The van der Waals surface area contributed by atoms with Crippen molar-refractivity contribution in [3.05, 3.63) is 12.2 Å². The van der Waals surface area contributed by atoms with Crippen molar-refractivity contribution >= 4 is 11.9 Å². The smallest absolute Gasteiger partial charge is 0.330 e. The van der Waals surface area contributed by atoms with Gasteiger partial charge < -0.3 is 10.5 Å². The second-order valence-corrected chi connectivity index (χ2v) is 1.26. The van der Waals surface area contributed by atoms with Crippen LogP contribution in [0.5, 0.6) is 0 Å². The van der Waals surface area contributed by atoms with Crippen molar-refractivity contribution in [3.8, 4) is 0 Å². The number of carbonyl (C=O) groups excluding carboxylic acids is 2. The van der Waals surface area contributed by atoms with Gasteiger partial charge in [-0.15, -0.1) is 0 Å². The Kier molecular flexibility index (Phi) is 23.1. The molecular formula is C9H19NO3. The first-order chi connectivity index (χ1) is 6.16. The van der Waals surface area contributed by atoms with Crippen molar-refractivity contribution < 1.29 is 14.3 Å². The van der Waals surface area contributed by atoms with E-state index in [1.165, 1.54) is 7.11 Å². The number of nitrogens with two attached hydrogens (primary N) is 1. The van der Waals surface area contributed by atoms with Gasteiger partial charge in [-0.05, 0) is 0 Å². The van der Waals surface area contributed by atoms with E-state index in [1.807, 2.05) is 27.7 Å². The fraction of sp³-hybridized carbons (Fsp3) is 0.556. The number of primary amides is 1. The molecule has 0 heterocycles. The third kappa shape index (κ3) is 24.9. The summed E-state index contributed by atoms with van der Waals surface area (Å²) in [5, 5.41) is 0. The molecule has 4 nitrogen and oxygen atoms in total. The molecule has 0 saturated heterocycles. The molecule has 0 aliphatic heterocycles. The molecule has 13 heavy (non-hydrogen) atoms. The largest absolute Gasteiger partial charge is 0.466 e. The Morgan fingerprint density at radius 1 is 1.08 bits per heavy atom. The molecule has 0 spiro atoms. The van der Waals surface area contributed by atoms with Gasteiger partial charge in [0.15, 0.2) is 0 Å². The SMILES string of the molecule is CC.CC.COC(=O)/C=C/C(N)=O. The van der Waals surface area contributed by atoms with Crippen LogP contribution in [-0.2, 0) is 14.3 Å². The van der Waals surface area contributed by atoms with Crippen LogP contribution in [0.3, 0.4) is 0 Å². The van der Waals surface area contributed by atoms with E-state index in [4.69, 9.17) is 0 Å². The minimum absolute atomic E-state index is 0.589. The van der Waals surface area contributed by atoms with Gasteiger partial charge in [0.2, 0.25) is 5.91 Å². The molecule has 1 amide bonds. The molecule has 0 aromatic heterocycles. The number of hydrogen-bond donors (Lipinski definition) is 1. The minimum Gasteiger partial charge on any atom is -0.466 e. The first-order valence-electron chi connectivity index (χ1n) is 4.22. The Hall–Kier alpha value is -1.32. The summed E-state index contributed by atoms with van der Waals surface area (Å²) >= 11 is 0. The van der Waals surface area contributed by atoms with Crippen LogP contribution < -0.4 is 5.73 Å². The normalized spacial score (nSPS) is 7.46. The number of hydrogen-bond acceptors (Lipinski definition) is 3. The van der Waals surface area contributed by atoms with E-state index < -0.39 is 11.9 Å². The molecule has 0 unspecified atom stereocenters. The molecule has 0 aliphatic carbocycles. The number of amides is 1. The van der Waals surface area contributed by atoms with E-state index in [0.717, 1.165) is 12.2 Å². The van der Waals surface area contributed by atoms with Gasteiger partial charge in [0.1, 0.15) is 0 Å². The average molecular weight is 189 g/mol. The van der Waals surface area contributed by atoms with Gasteiger partial charge in [-0.1, -0.05) is 27.7 Å². The summed E-state index contributed by atoms with van der Waals surface area (Å²) < 4.78 is 4.17. The highest BCUT2D eigenvalue weighted by molar-refractivity contribution is 5.93. The molecule has 0 aliphatic rings. The first-order valence-corrected chi connectivity index (χ1v) is 4.22. The van der Waals surface area contributed by atoms with Gasteiger partial charge in [-0.2, -0.15) is 0 Å². The molecule has 2 N–H and O–H groups in total. The van der Waals surface area contributed by atoms with E-state index in [-0.39, 0.29) is 0 Å². The predicted molar refractivity (Wildman–Crippen MR) is 53.0 cm³/mol. The highest BCUT2D eigenvalue weighted by Crippen LogP contribution is 1.75. The molecule has 78 valence electrons. The summed E-state index contributed by atoms with van der Waals surface area (Å²) in [6, 6.07) is 0. The maximum Gasteiger partial charge on any atom is 0.330 e. The second-order valence-electron chi connectivity index (χ2n) is 1.26. The van der Waals surface area contributed by atoms with E-state index in [0.29, 0.717) is 0 Å². The quantitative estimate of drug-likeness (QED) is 0.525. The highest BCUT2D eigenvalue weighted by Gasteiger charge is 1.90. The zero-order chi connectivity index (χ0) is 11.3. The van der Waals surface area contributed by atoms with E-state index in [2.05, 4.69) is 10.5 Å². The zero-order valence-corrected chi connectivity index (χ0v) is 8.96. The van der Waals surface area contributed by atoms with Crippen molar-refractivity contribution in [2.75, 3.05) is 7.11 Å². The fourth-order valence-electron chi connectivity index (χ4n) is 0.218. The molecule has 0 fully saturated rings. The lowest BCUT2D eigenvalue weighted by Crippen LogP contribution is -2.07. The zero-order valence-electron chi connectivity index (χ0n) is 8.96. The predicted octanol–water partition coefficient (Wildman–Crippen LogP) is 1.25. The third-order valence-electron chi connectivity index (χ3n) is 0.585. The Balaban J connectivity index is -0.000000218. The van der Waals surface area contributed by atoms with Gasteiger partial charge in [-0.25, -0.2) is 4.79 Å². The summed E-state index contributed by atoms with van der Waals surface area (Å²) in [7, 11) is 1.22. The molecule has 0 atom stereocenters. The molecule has 4 heteroatoms. The van der Waals surface area contributed by atoms with Gasteiger partial charge >= 0.3 is 5.97 Å². The fourth-order valence-corrected chi connectivity index (χ4v) is 0.218. The Morgan fingerprint density at radius 2 is 1.46 bits per heavy atom. The van der Waals surface area contributed by atoms with E-state index in [9.17, 15) is 9.59 Å². The van der Waals surface area contributed by atoms with Crippen LogP contribution in [0.2, 0.25) is 0 Å². The van der Waals surface area contributed by atoms with Crippen molar-refractivity contribution in [3.63, 3.8) is 0 Å². The molecular weight excluding hydrogens is 170 g/mol. The van der Waals surface area contributed by atoms with Crippen LogP contribution in [0.4, 0.5) is 0 Å². The Labute approximate surface area is 79.8 Å². The van der Waals surface area contributed by atoms with E-state index in [1.54, 1.807) is 0 Å². The van der Waals surface area contributed by atoms with E-state index >= 15 is 0 Å². The maximum absolute atomic E-state index is 10.2. The van der Waals surface area contributed by atoms with Crippen molar-refractivity contribution in [2.45, 2.75) is 27.7 Å². The third-order valence-corrected chi connectivity index (χ3v) is 0.585. The summed E-state index contributed by atoms with van der Waals surface area (Å²) in [4.78, 5) is 20.1. The van der Waals surface area contributed by atoms with Crippen LogP contribution in [0.1, 0.15) is 27.7 Å². The maximum atomic E-state index is 10.2. The van der Waals surface area contributed by atoms with Crippen LogP contribution >= 0.6 is 0 Å². The molecule has 0 radical (unpaired) electrons. The lowest BCUT2D eigenvalue weighted by molar-refractivity contribution is -0.135. The van der Waals surface area contributed by atoms with Crippen molar-refractivity contribution in [1.82, 2.24) is 0 Å². The lowest BCUT2D eigenvalue weighted by Gasteiger charge is -1.86.